The number of aromatic nitrogens is 4. The van der Waals surface area contributed by atoms with Crippen LogP contribution in [0.5, 0.6) is 0 Å². The predicted octanol–water partition coefficient (Wildman–Crippen LogP) is 0.814. The van der Waals surface area contributed by atoms with Crippen LogP contribution in [0.25, 0.3) is 5.82 Å². The average molecular weight is 217 g/mol. The maximum absolute atomic E-state index is 4.26. The van der Waals surface area contributed by atoms with Crippen molar-refractivity contribution in [2.24, 2.45) is 0 Å². The van der Waals surface area contributed by atoms with Crippen molar-refractivity contribution in [1.29, 1.82) is 0 Å². The monoisotopic (exact) mass is 217 g/mol. The van der Waals surface area contributed by atoms with E-state index in [-0.39, 0.29) is 0 Å². The van der Waals surface area contributed by atoms with Gasteiger partial charge in [0, 0.05) is 12.4 Å². The van der Waals surface area contributed by atoms with Crippen molar-refractivity contribution in [2.45, 2.75) is 12.8 Å². The average Bonchev–Trinajstić information content (AvgIpc) is 2.79. The minimum absolute atomic E-state index is 0.752. The minimum Gasteiger partial charge on any atom is -0.320 e. The van der Waals surface area contributed by atoms with E-state index in [1.54, 1.807) is 10.9 Å². The Balaban J connectivity index is 2.02. The summed E-state index contributed by atoms with van der Waals surface area (Å²) in [6, 6.07) is 3.74. The molecule has 0 amide bonds. The molecule has 2 rings (SSSR count). The zero-order valence-corrected chi connectivity index (χ0v) is 9.30. The molecule has 0 saturated carbocycles. The van der Waals surface area contributed by atoms with Crippen molar-refractivity contribution in [3.8, 4) is 5.82 Å². The van der Waals surface area contributed by atoms with Crippen LogP contribution in [-0.4, -0.2) is 33.6 Å². The van der Waals surface area contributed by atoms with Gasteiger partial charge in [-0.2, -0.15) is 10.2 Å². The quantitative estimate of drug-likeness (QED) is 0.753. The molecule has 5 nitrogen and oxygen atoms in total. The van der Waals surface area contributed by atoms with Gasteiger partial charge in [0.2, 0.25) is 0 Å². The summed E-state index contributed by atoms with van der Waals surface area (Å²) in [4.78, 5) is 0. The molecule has 2 heterocycles. The van der Waals surface area contributed by atoms with Crippen LogP contribution in [0.2, 0.25) is 0 Å². The molecule has 0 fully saturated rings. The molecule has 84 valence electrons. The highest BCUT2D eigenvalue weighted by Gasteiger charge is 2.01. The lowest BCUT2D eigenvalue weighted by Crippen LogP contribution is -2.08. The van der Waals surface area contributed by atoms with Gasteiger partial charge in [-0.05, 0) is 44.1 Å². The third-order valence-electron chi connectivity index (χ3n) is 2.32. The van der Waals surface area contributed by atoms with Gasteiger partial charge >= 0.3 is 0 Å². The largest absolute Gasteiger partial charge is 0.320 e. The second-order valence-electron chi connectivity index (χ2n) is 3.58. The van der Waals surface area contributed by atoms with E-state index in [1.165, 1.54) is 5.56 Å². The Labute approximate surface area is 94.5 Å². The molecule has 2 aromatic rings. The molecule has 2 aromatic heterocycles. The fourth-order valence-electron chi connectivity index (χ4n) is 1.50. The molecule has 0 radical (unpaired) electrons. The Morgan fingerprint density at radius 1 is 1.44 bits per heavy atom. The lowest BCUT2D eigenvalue weighted by atomic mass is 10.2. The highest BCUT2D eigenvalue weighted by molar-refractivity contribution is 5.20. The molecule has 0 saturated heterocycles. The fraction of sp³-hybridized carbons (Fsp3) is 0.364. The third kappa shape index (κ3) is 2.64. The first-order valence-electron chi connectivity index (χ1n) is 5.36. The first kappa shape index (κ1) is 10.8. The highest BCUT2D eigenvalue weighted by Crippen LogP contribution is 2.05. The second-order valence-corrected chi connectivity index (χ2v) is 3.58. The van der Waals surface area contributed by atoms with E-state index in [9.17, 15) is 0 Å². The standard InChI is InChI=1S/C11H15N5/c1-12-6-2-4-10-8-14-16(9-10)11-5-3-7-13-15-11/h3,5,7-9,12H,2,4,6H2,1H3. The molecule has 16 heavy (non-hydrogen) atoms. The second kappa shape index (κ2) is 5.37. The summed E-state index contributed by atoms with van der Waals surface area (Å²) >= 11 is 0. The van der Waals surface area contributed by atoms with Gasteiger partial charge in [0.1, 0.15) is 0 Å². The minimum atomic E-state index is 0.752. The van der Waals surface area contributed by atoms with E-state index in [4.69, 9.17) is 0 Å². The number of nitrogens with zero attached hydrogens (tertiary/aromatic N) is 4. The molecule has 0 bridgehead atoms. The van der Waals surface area contributed by atoms with Crippen LogP contribution in [-0.2, 0) is 6.42 Å². The van der Waals surface area contributed by atoms with Crippen molar-refractivity contribution in [3.63, 3.8) is 0 Å². The van der Waals surface area contributed by atoms with Gasteiger partial charge in [0.05, 0.1) is 6.20 Å². The molecule has 0 spiro atoms. The predicted molar refractivity (Wildman–Crippen MR) is 61.4 cm³/mol. The van der Waals surface area contributed by atoms with E-state index in [2.05, 4.69) is 20.6 Å². The first-order valence-corrected chi connectivity index (χ1v) is 5.36. The summed E-state index contributed by atoms with van der Waals surface area (Å²) in [5.74, 6) is 0.752. The lowest BCUT2D eigenvalue weighted by Gasteiger charge is -1.97. The van der Waals surface area contributed by atoms with Crippen LogP contribution in [0.15, 0.2) is 30.7 Å². The SMILES string of the molecule is CNCCCc1cnn(-c2cccnn2)c1. The number of aryl methyl sites for hydroxylation is 1. The normalized spacial score (nSPS) is 10.6. The van der Waals surface area contributed by atoms with E-state index < -0.39 is 0 Å². The summed E-state index contributed by atoms with van der Waals surface area (Å²) < 4.78 is 1.75. The smallest absolute Gasteiger partial charge is 0.175 e. The van der Waals surface area contributed by atoms with E-state index in [0.29, 0.717) is 0 Å². The molecule has 0 aliphatic heterocycles. The maximum atomic E-state index is 4.26. The van der Waals surface area contributed by atoms with Crippen LogP contribution in [0.1, 0.15) is 12.0 Å². The molecule has 0 atom stereocenters. The van der Waals surface area contributed by atoms with Crippen molar-refractivity contribution >= 4 is 0 Å². The van der Waals surface area contributed by atoms with Crippen molar-refractivity contribution in [2.75, 3.05) is 13.6 Å². The van der Waals surface area contributed by atoms with Crippen LogP contribution in [0, 0.1) is 0 Å². The van der Waals surface area contributed by atoms with Crippen LogP contribution in [0.3, 0.4) is 0 Å². The van der Waals surface area contributed by atoms with Crippen molar-refractivity contribution in [1.82, 2.24) is 25.3 Å². The summed E-state index contributed by atoms with van der Waals surface area (Å²) in [7, 11) is 1.96. The summed E-state index contributed by atoms with van der Waals surface area (Å²) in [5, 5.41) is 15.2. The zero-order valence-electron chi connectivity index (χ0n) is 9.30. The Bertz CT molecular complexity index is 423. The number of rotatable bonds is 5. The molecular weight excluding hydrogens is 202 g/mol. The number of nitrogens with one attached hydrogen (secondary N) is 1. The van der Waals surface area contributed by atoms with Crippen LogP contribution < -0.4 is 5.32 Å². The van der Waals surface area contributed by atoms with Gasteiger partial charge < -0.3 is 5.32 Å². The zero-order chi connectivity index (χ0) is 11.2. The van der Waals surface area contributed by atoms with Crippen molar-refractivity contribution < 1.29 is 0 Å². The van der Waals surface area contributed by atoms with Gasteiger partial charge in [-0.15, -0.1) is 5.10 Å². The van der Waals surface area contributed by atoms with Gasteiger partial charge in [0.25, 0.3) is 0 Å². The van der Waals surface area contributed by atoms with E-state index in [0.717, 1.165) is 25.2 Å². The lowest BCUT2D eigenvalue weighted by molar-refractivity contribution is 0.724. The fourth-order valence-corrected chi connectivity index (χ4v) is 1.50. The summed E-state index contributed by atoms with van der Waals surface area (Å²) in [5.41, 5.74) is 1.22. The number of hydrogen-bond donors (Lipinski definition) is 1. The number of hydrogen-bond acceptors (Lipinski definition) is 4. The highest BCUT2D eigenvalue weighted by atomic mass is 15.3. The topological polar surface area (TPSA) is 55.6 Å². The Kier molecular flexibility index (Phi) is 3.61. The Hall–Kier alpha value is -1.75. The van der Waals surface area contributed by atoms with Gasteiger partial charge in [0.15, 0.2) is 5.82 Å². The summed E-state index contributed by atoms with van der Waals surface area (Å²) in [6.45, 7) is 1.02. The Morgan fingerprint density at radius 2 is 2.38 bits per heavy atom. The first-order chi connectivity index (χ1) is 7.90. The van der Waals surface area contributed by atoms with Crippen LogP contribution in [0.4, 0.5) is 0 Å². The van der Waals surface area contributed by atoms with Crippen molar-refractivity contribution in [3.05, 3.63) is 36.3 Å². The molecule has 0 aliphatic rings. The molecular formula is C11H15N5. The van der Waals surface area contributed by atoms with Gasteiger partial charge in [-0.3, -0.25) is 0 Å². The molecule has 1 N–H and O–H groups in total. The summed E-state index contributed by atoms with van der Waals surface area (Å²) in [6.07, 6.45) is 7.68. The molecule has 0 aliphatic carbocycles. The van der Waals surface area contributed by atoms with Gasteiger partial charge in [-0.1, -0.05) is 0 Å². The molecule has 5 heteroatoms. The van der Waals surface area contributed by atoms with Crippen LogP contribution >= 0.6 is 0 Å². The molecule has 0 aromatic carbocycles. The third-order valence-corrected chi connectivity index (χ3v) is 2.32. The van der Waals surface area contributed by atoms with E-state index >= 15 is 0 Å². The Morgan fingerprint density at radius 3 is 3.12 bits per heavy atom. The maximum Gasteiger partial charge on any atom is 0.175 e. The van der Waals surface area contributed by atoms with Gasteiger partial charge in [-0.25, -0.2) is 4.68 Å². The van der Waals surface area contributed by atoms with E-state index in [1.807, 2.05) is 31.6 Å². The molecule has 0 unspecified atom stereocenters.